The SMILES string of the molecule is N[C@H]1c2cccc(Cl)c2C[C@@H]1CNCCC1CN(c2cnc3c(n2)NC(=O)CO3)C(=O)O1. The van der Waals surface area contributed by atoms with Gasteiger partial charge in [-0.25, -0.2) is 14.8 Å². The molecule has 1 aromatic heterocycles. The second kappa shape index (κ2) is 8.53. The number of fused-ring (bicyclic) bond motifs is 2. The topological polar surface area (TPSA) is 132 Å². The molecule has 2 amide bonds. The number of anilines is 2. The number of amides is 2. The first-order valence-electron chi connectivity index (χ1n) is 10.5. The summed E-state index contributed by atoms with van der Waals surface area (Å²) in [4.78, 5) is 33.6. The molecular weight excluding hydrogens is 436 g/mol. The van der Waals surface area contributed by atoms with E-state index < -0.39 is 6.09 Å². The summed E-state index contributed by atoms with van der Waals surface area (Å²) in [5.41, 5.74) is 8.66. The van der Waals surface area contributed by atoms with Gasteiger partial charge in [-0.15, -0.1) is 0 Å². The summed E-state index contributed by atoms with van der Waals surface area (Å²) in [6.07, 6.45) is 2.17. The third kappa shape index (κ3) is 3.96. The average molecular weight is 459 g/mol. The molecule has 1 saturated heterocycles. The number of benzene rings is 1. The van der Waals surface area contributed by atoms with Crippen LogP contribution in [0.5, 0.6) is 5.88 Å². The Kier molecular flexibility index (Phi) is 5.58. The molecule has 1 fully saturated rings. The summed E-state index contributed by atoms with van der Waals surface area (Å²) in [5, 5.41) is 6.79. The highest BCUT2D eigenvalue weighted by molar-refractivity contribution is 6.31. The van der Waals surface area contributed by atoms with E-state index in [9.17, 15) is 9.59 Å². The molecular formula is C21H23ClN6O4. The molecule has 4 N–H and O–H groups in total. The fourth-order valence-corrected chi connectivity index (χ4v) is 4.60. The van der Waals surface area contributed by atoms with E-state index in [2.05, 4.69) is 20.6 Å². The highest BCUT2D eigenvalue weighted by atomic mass is 35.5. The van der Waals surface area contributed by atoms with E-state index in [1.165, 1.54) is 11.1 Å². The Morgan fingerprint density at radius 3 is 3.06 bits per heavy atom. The molecule has 3 aliphatic rings. The van der Waals surface area contributed by atoms with Gasteiger partial charge >= 0.3 is 6.09 Å². The quantitative estimate of drug-likeness (QED) is 0.556. The third-order valence-corrected chi connectivity index (χ3v) is 6.37. The predicted octanol–water partition coefficient (Wildman–Crippen LogP) is 1.64. The summed E-state index contributed by atoms with van der Waals surface area (Å²) in [7, 11) is 0. The van der Waals surface area contributed by atoms with Crippen LogP contribution < -0.4 is 26.0 Å². The summed E-state index contributed by atoms with van der Waals surface area (Å²) in [6, 6.07) is 5.84. The Labute approximate surface area is 189 Å². The summed E-state index contributed by atoms with van der Waals surface area (Å²) in [5.74, 6) is 0.697. The highest BCUT2D eigenvalue weighted by Crippen LogP contribution is 2.37. The number of rotatable bonds is 6. The van der Waals surface area contributed by atoms with Gasteiger partial charge in [0.1, 0.15) is 6.10 Å². The number of carbonyl (C=O) groups is 2. The molecule has 32 heavy (non-hydrogen) atoms. The first-order valence-corrected chi connectivity index (χ1v) is 10.9. The first kappa shape index (κ1) is 20.9. The maximum atomic E-state index is 12.3. The van der Waals surface area contributed by atoms with Crippen LogP contribution in [0, 0.1) is 5.92 Å². The van der Waals surface area contributed by atoms with Crippen molar-refractivity contribution in [2.45, 2.75) is 25.0 Å². The smallest absolute Gasteiger partial charge is 0.415 e. The van der Waals surface area contributed by atoms with Crippen LogP contribution >= 0.6 is 11.6 Å². The van der Waals surface area contributed by atoms with Gasteiger partial charge in [-0.3, -0.25) is 9.69 Å². The van der Waals surface area contributed by atoms with Gasteiger partial charge in [0.15, 0.2) is 18.2 Å². The van der Waals surface area contributed by atoms with Crippen LogP contribution in [-0.4, -0.2) is 54.3 Å². The van der Waals surface area contributed by atoms with E-state index in [-0.39, 0.29) is 42.3 Å². The molecule has 2 aromatic rings. The second-order valence-corrected chi connectivity index (χ2v) is 8.53. The van der Waals surface area contributed by atoms with Gasteiger partial charge in [-0.05, 0) is 42.5 Å². The number of nitrogens with two attached hydrogens (primary N) is 1. The normalized spacial score (nSPS) is 23.9. The number of cyclic esters (lactones) is 1. The van der Waals surface area contributed by atoms with Gasteiger partial charge in [-0.2, -0.15) is 0 Å². The minimum atomic E-state index is -0.491. The molecule has 10 nitrogen and oxygen atoms in total. The molecule has 0 saturated carbocycles. The molecule has 11 heteroatoms. The minimum Gasteiger partial charge on any atom is -0.465 e. The largest absolute Gasteiger partial charge is 0.465 e. The van der Waals surface area contributed by atoms with Crippen molar-refractivity contribution in [1.29, 1.82) is 0 Å². The monoisotopic (exact) mass is 458 g/mol. The van der Waals surface area contributed by atoms with Gasteiger partial charge < -0.3 is 25.8 Å². The van der Waals surface area contributed by atoms with Gasteiger partial charge in [0.05, 0.1) is 12.7 Å². The van der Waals surface area contributed by atoms with Gasteiger partial charge in [0.25, 0.3) is 11.8 Å². The van der Waals surface area contributed by atoms with Crippen molar-refractivity contribution in [3.05, 3.63) is 40.5 Å². The number of nitrogens with zero attached hydrogens (tertiary/aromatic N) is 3. The Bertz CT molecular complexity index is 1070. The van der Waals surface area contributed by atoms with Crippen molar-refractivity contribution >= 4 is 35.2 Å². The molecule has 3 atom stereocenters. The molecule has 5 rings (SSSR count). The molecule has 1 unspecified atom stereocenters. The van der Waals surface area contributed by atoms with Gasteiger partial charge in [0, 0.05) is 17.6 Å². The number of carbonyl (C=O) groups excluding carboxylic acids is 2. The van der Waals surface area contributed by atoms with Crippen LogP contribution in [-0.2, 0) is 16.0 Å². The Balaban J connectivity index is 1.12. The van der Waals surface area contributed by atoms with Crippen molar-refractivity contribution in [1.82, 2.24) is 15.3 Å². The second-order valence-electron chi connectivity index (χ2n) is 8.13. The average Bonchev–Trinajstić information content (AvgIpc) is 3.31. The number of ether oxygens (including phenoxy) is 2. The van der Waals surface area contributed by atoms with Gasteiger partial charge in [-0.1, -0.05) is 23.7 Å². The van der Waals surface area contributed by atoms with E-state index >= 15 is 0 Å². The maximum Gasteiger partial charge on any atom is 0.415 e. The summed E-state index contributed by atoms with van der Waals surface area (Å²) in [6.45, 7) is 1.69. The Morgan fingerprint density at radius 1 is 1.34 bits per heavy atom. The van der Waals surface area contributed by atoms with E-state index in [0.717, 1.165) is 29.1 Å². The van der Waals surface area contributed by atoms with Crippen molar-refractivity contribution in [2.75, 3.05) is 36.5 Å². The molecule has 0 radical (unpaired) electrons. The molecule has 0 spiro atoms. The van der Waals surface area contributed by atoms with E-state index in [0.29, 0.717) is 25.3 Å². The lowest BCUT2D eigenvalue weighted by Crippen LogP contribution is -2.32. The van der Waals surface area contributed by atoms with Crippen LogP contribution in [0.4, 0.5) is 16.4 Å². The lowest BCUT2D eigenvalue weighted by molar-refractivity contribution is -0.118. The lowest BCUT2D eigenvalue weighted by Gasteiger charge is -2.18. The molecule has 1 aliphatic carbocycles. The number of halogens is 1. The predicted molar refractivity (Wildman–Crippen MR) is 117 cm³/mol. The summed E-state index contributed by atoms with van der Waals surface area (Å²) >= 11 is 6.31. The van der Waals surface area contributed by atoms with E-state index in [4.69, 9.17) is 26.8 Å². The zero-order valence-corrected chi connectivity index (χ0v) is 18.0. The minimum absolute atomic E-state index is 0.0388. The van der Waals surface area contributed by atoms with Crippen LogP contribution in [0.1, 0.15) is 23.6 Å². The molecule has 3 heterocycles. The van der Waals surface area contributed by atoms with Crippen molar-refractivity contribution in [3.63, 3.8) is 0 Å². The van der Waals surface area contributed by atoms with Crippen LogP contribution in [0.3, 0.4) is 0 Å². The number of hydrogen-bond acceptors (Lipinski definition) is 8. The Hall–Kier alpha value is -2.95. The Morgan fingerprint density at radius 2 is 2.22 bits per heavy atom. The highest BCUT2D eigenvalue weighted by Gasteiger charge is 2.35. The standard InChI is InChI=1S/C21H23ClN6O4/c22-15-3-1-2-13-14(15)6-11(18(13)23)7-24-5-4-12-9-28(21(30)32-12)16-8-25-20-19(26-16)27-17(29)10-31-20/h1-3,8,11-12,18,24H,4-7,9-10,23H2,(H,26,27,29)/t11-,12?,18-/m1/s1. The summed E-state index contributed by atoms with van der Waals surface area (Å²) < 4.78 is 10.7. The van der Waals surface area contributed by atoms with E-state index in [1.54, 1.807) is 0 Å². The van der Waals surface area contributed by atoms with Crippen molar-refractivity contribution < 1.29 is 19.1 Å². The van der Waals surface area contributed by atoms with Crippen LogP contribution in [0.2, 0.25) is 5.02 Å². The fourth-order valence-electron chi connectivity index (χ4n) is 4.34. The van der Waals surface area contributed by atoms with Crippen molar-refractivity contribution in [2.24, 2.45) is 11.7 Å². The molecule has 2 aliphatic heterocycles. The first-order chi connectivity index (χ1) is 15.5. The van der Waals surface area contributed by atoms with Crippen molar-refractivity contribution in [3.8, 4) is 5.88 Å². The fraction of sp³-hybridized carbons (Fsp3) is 0.429. The maximum absolute atomic E-state index is 12.3. The number of aromatic nitrogens is 2. The van der Waals surface area contributed by atoms with Gasteiger partial charge in [0.2, 0.25) is 0 Å². The van der Waals surface area contributed by atoms with Crippen LogP contribution in [0.15, 0.2) is 24.4 Å². The number of hydrogen-bond donors (Lipinski definition) is 3. The molecule has 168 valence electrons. The third-order valence-electron chi connectivity index (χ3n) is 6.01. The zero-order chi connectivity index (χ0) is 22.2. The molecule has 0 bridgehead atoms. The zero-order valence-electron chi connectivity index (χ0n) is 17.2. The number of nitrogens with one attached hydrogen (secondary N) is 2. The lowest BCUT2D eigenvalue weighted by atomic mass is 10.0. The molecule has 1 aromatic carbocycles. The van der Waals surface area contributed by atoms with Crippen LogP contribution in [0.25, 0.3) is 0 Å². The van der Waals surface area contributed by atoms with E-state index in [1.807, 2.05) is 18.2 Å².